The van der Waals surface area contributed by atoms with Crippen molar-refractivity contribution in [2.45, 2.75) is 24.5 Å². The van der Waals surface area contributed by atoms with Crippen molar-refractivity contribution in [3.8, 4) is 0 Å². The van der Waals surface area contributed by atoms with Crippen LogP contribution in [0.15, 0.2) is 12.5 Å². The highest BCUT2D eigenvalue weighted by Crippen LogP contribution is 2.34. The maximum absolute atomic E-state index is 10.2. The van der Waals surface area contributed by atoms with Gasteiger partial charge in [-0.3, -0.25) is 0 Å². The Kier molecular flexibility index (Phi) is 3.26. The molecular formula is C11H11IN6O4. The summed E-state index contributed by atoms with van der Waals surface area (Å²) < 4.78 is 9.45. The van der Waals surface area contributed by atoms with Crippen molar-refractivity contribution in [3.63, 3.8) is 0 Å². The second kappa shape index (κ2) is 5.06. The average Bonchev–Trinajstić information content (AvgIpc) is 3.17. The predicted molar refractivity (Wildman–Crippen MR) is 79.8 cm³/mol. The number of aliphatic hydroxyl groups is 3. The van der Waals surface area contributed by atoms with E-state index in [1.54, 1.807) is 10.8 Å². The van der Waals surface area contributed by atoms with Crippen molar-refractivity contribution in [1.82, 2.24) is 29.6 Å². The van der Waals surface area contributed by atoms with E-state index in [1.807, 2.05) is 0 Å². The highest BCUT2D eigenvalue weighted by Gasteiger charge is 2.44. The van der Waals surface area contributed by atoms with E-state index >= 15 is 0 Å². The van der Waals surface area contributed by atoms with Crippen LogP contribution in [0.5, 0.6) is 0 Å². The number of rotatable bonds is 2. The Morgan fingerprint density at radius 3 is 2.82 bits per heavy atom. The molecule has 4 unspecified atom stereocenters. The highest BCUT2D eigenvalue weighted by molar-refractivity contribution is 14.1. The maximum atomic E-state index is 10.2. The first-order valence-corrected chi connectivity index (χ1v) is 7.55. The van der Waals surface area contributed by atoms with E-state index in [2.05, 4.69) is 43.1 Å². The van der Waals surface area contributed by atoms with Crippen LogP contribution in [0.4, 0.5) is 0 Å². The molecule has 4 atom stereocenters. The van der Waals surface area contributed by atoms with Crippen molar-refractivity contribution in [2.24, 2.45) is 0 Å². The average molecular weight is 418 g/mol. The number of aliphatic hydroxyl groups excluding tert-OH is 3. The molecule has 0 aromatic carbocycles. The number of nitrogens with zero attached hydrogens (tertiary/aromatic N) is 6. The van der Waals surface area contributed by atoms with Gasteiger partial charge in [0, 0.05) is 9.77 Å². The zero-order valence-electron chi connectivity index (χ0n) is 11.0. The van der Waals surface area contributed by atoms with Crippen molar-refractivity contribution in [1.29, 1.82) is 0 Å². The second-order valence-electron chi connectivity index (χ2n) is 5.00. The normalized spacial score (nSPS) is 28.9. The monoisotopic (exact) mass is 418 g/mol. The Morgan fingerprint density at radius 1 is 1.27 bits per heavy atom. The van der Waals surface area contributed by atoms with Gasteiger partial charge in [0.2, 0.25) is 0 Å². The molecule has 116 valence electrons. The van der Waals surface area contributed by atoms with Crippen molar-refractivity contribution < 1.29 is 20.1 Å². The van der Waals surface area contributed by atoms with Crippen LogP contribution in [-0.2, 0) is 4.74 Å². The van der Waals surface area contributed by atoms with Crippen LogP contribution in [0.2, 0.25) is 0 Å². The minimum atomic E-state index is -1.17. The molecule has 0 radical (unpaired) electrons. The molecule has 1 saturated heterocycles. The van der Waals surface area contributed by atoms with Gasteiger partial charge < -0.3 is 24.6 Å². The molecule has 10 nitrogen and oxygen atoms in total. The van der Waals surface area contributed by atoms with Gasteiger partial charge in [-0.05, 0) is 33.0 Å². The van der Waals surface area contributed by atoms with Gasteiger partial charge in [-0.15, -0.1) is 5.10 Å². The molecule has 3 aromatic rings. The molecule has 0 amide bonds. The molecule has 0 saturated carbocycles. The maximum Gasteiger partial charge on any atom is 0.193 e. The van der Waals surface area contributed by atoms with Crippen molar-refractivity contribution in [2.75, 3.05) is 6.61 Å². The summed E-state index contributed by atoms with van der Waals surface area (Å²) in [4.78, 5) is 4.30. The molecule has 1 aliphatic heterocycles. The Balaban J connectivity index is 1.89. The van der Waals surface area contributed by atoms with E-state index in [9.17, 15) is 15.3 Å². The van der Waals surface area contributed by atoms with Gasteiger partial charge in [-0.1, -0.05) is 0 Å². The molecule has 3 N–H and O–H groups in total. The smallest absolute Gasteiger partial charge is 0.193 e. The lowest BCUT2D eigenvalue weighted by molar-refractivity contribution is -0.0509. The largest absolute Gasteiger partial charge is 0.394 e. The van der Waals surface area contributed by atoms with Crippen LogP contribution in [-0.4, -0.2) is 69.8 Å². The highest BCUT2D eigenvalue weighted by atomic mass is 127. The van der Waals surface area contributed by atoms with Crippen LogP contribution >= 0.6 is 22.6 Å². The number of tetrazole rings is 1. The minimum Gasteiger partial charge on any atom is -0.394 e. The first-order chi connectivity index (χ1) is 10.6. The Hall–Kier alpha value is -1.41. The summed E-state index contributed by atoms with van der Waals surface area (Å²) >= 11 is 2.12. The summed E-state index contributed by atoms with van der Waals surface area (Å²) in [5.41, 5.74) is 1.07. The van der Waals surface area contributed by atoms with Gasteiger partial charge in [-0.25, -0.2) is 4.98 Å². The number of aromatic nitrogens is 6. The third kappa shape index (κ3) is 1.86. The summed E-state index contributed by atoms with van der Waals surface area (Å²) in [6.45, 7) is -0.378. The van der Waals surface area contributed by atoms with E-state index in [0.717, 1.165) is 8.96 Å². The van der Waals surface area contributed by atoms with E-state index in [0.29, 0.717) is 11.3 Å². The predicted octanol–water partition coefficient (Wildman–Crippen LogP) is -1.31. The van der Waals surface area contributed by atoms with Crippen LogP contribution in [0.3, 0.4) is 0 Å². The Bertz CT molecular complexity index is 850. The molecular weight excluding hydrogens is 407 g/mol. The van der Waals surface area contributed by atoms with Gasteiger partial charge >= 0.3 is 0 Å². The van der Waals surface area contributed by atoms with E-state index < -0.39 is 24.5 Å². The summed E-state index contributed by atoms with van der Waals surface area (Å²) in [5, 5.41) is 41.4. The number of ether oxygens (including phenoxy) is 1. The molecule has 1 fully saturated rings. The molecule has 1 aliphatic rings. The third-order valence-electron chi connectivity index (χ3n) is 3.76. The second-order valence-corrected chi connectivity index (χ2v) is 6.17. The van der Waals surface area contributed by atoms with Crippen LogP contribution < -0.4 is 0 Å². The zero-order valence-corrected chi connectivity index (χ0v) is 13.1. The van der Waals surface area contributed by atoms with E-state index in [4.69, 9.17) is 4.74 Å². The first kappa shape index (κ1) is 14.2. The minimum absolute atomic E-state index is 0.378. The van der Waals surface area contributed by atoms with Crippen molar-refractivity contribution in [3.05, 3.63) is 16.1 Å². The Morgan fingerprint density at radius 2 is 2.09 bits per heavy atom. The fraction of sp³-hybridized carbons (Fsp3) is 0.455. The van der Waals surface area contributed by atoms with Gasteiger partial charge in [0.1, 0.15) is 30.3 Å². The van der Waals surface area contributed by atoms with Crippen LogP contribution in [0.25, 0.3) is 16.7 Å². The SMILES string of the molecule is OCC1OC(n2cc(I)c3c2ncn2nnnc32)C(O)C1O. The van der Waals surface area contributed by atoms with Gasteiger partial charge in [0.25, 0.3) is 0 Å². The lowest BCUT2D eigenvalue weighted by Crippen LogP contribution is -2.33. The molecule has 4 rings (SSSR count). The number of fused-ring (bicyclic) bond motifs is 3. The summed E-state index contributed by atoms with van der Waals surface area (Å²) in [6, 6.07) is 0. The standard InChI is InChI=1S/C11H11IN6O4/c12-4-1-17(11-8(21)7(20)5(2-19)22-11)9-6(4)10-14-15-16-18(10)3-13-9/h1,3,5,7-8,11,19-21H,2H2. The summed E-state index contributed by atoms with van der Waals surface area (Å²) in [7, 11) is 0. The van der Waals surface area contributed by atoms with E-state index in [-0.39, 0.29) is 6.61 Å². The topological polar surface area (TPSA) is 131 Å². The summed E-state index contributed by atoms with van der Waals surface area (Å²) in [6.07, 6.45) is -0.808. The van der Waals surface area contributed by atoms with E-state index in [1.165, 1.54) is 10.8 Å². The Labute approximate surface area is 136 Å². The van der Waals surface area contributed by atoms with Gasteiger partial charge in [-0.2, -0.15) is 4.52 Å². The molecule has 0 spiro atoms. The molecule has 11 heteroatoms. The fourth-order valence-electron chi connectivity index (χ4n) is 2.67. The summed E-state index contributed by atoms with van der Waals surface area (Å²) in [5.74, 6) is 0. The molecule has 0 aliphatic carbocycles. The van der Waals surface area contributed by atoms with Crippen molar-refractivity contribution >= 4 is 39.3 Å². The molecule has 4 heterocycles. The molecule has 0 bridgehead atoms. The number of halogens is 1. The van der Waals surface area contributed by atoms with Gasteiger partial charge in [0.15, 0.2) is 11.9 Å². The first-order valence-electron chi connectivity index (χ1n) is 6.47. The lowest BCUT2D eigenvalue weighted by atomic mass is 10.1. The van der Waals surface area contributed by atoms with Crippen LogP contribution in [0, 0.1) is 3.57 Å². The zero-order chi connectivity index (χ0) is 15.4. The third-order valence-corrected chi connectivity index (χ3v) is 4.57. The lowest BCUT2D eigenvalue weighted by Gasteiger charge is -2.17. The molecule has 3 aromatic heterocycles. The van der Waals surface area contributed by atoms with Gasteiger partial charge in [0.05, 0.1) is 12.0 Å². The number of hydrogen-bond donors (Lipinski definition) is 3. The van der Waals surface area contributed by atoms with Crippen LogP contribution in [0.1, 0.15) is 6.23 Å². The molecule has 22 heavy (non-hydrogen) atoms. The number of hydrogen-bond acceptors (Lipinski definition) is 8. The quantitative estimate of drug-likeness (QED) is 0.438. The fourth-order valence-corrected chi connectivity index (χ4v) is 3.45.